The molecule has 1 N–H and O–H groups in total. The fourth-order valence-corrected chi connectivity index (χ4v) is 3.70. The Bertz CT molecular complexity index is 989. The van der Waals surface area contributed by atoms with Crippen LogP contribution in [0.1, 0.15) is 11.9 Å². The van der Waals surface area contributed by atoms with Crippen molar-refractivity contribution >= 4 is 34.0 Å². The molecule has 0 aliphatic carbocycles. The van der Waals surface area contributed by atoms with E-state index in [1.165, 1.54) is 11.3 Å². The van der Waals surface area contributed by atoms with Gasteiger partial charge in [0, 0.05) is 43.5 Å². The van der Waals surface area contributed by atoms with Crippen molar-refractivity contribution in [2.75, 3.05) is 32.0 Å². The molecule has 1 aliphatic rings. The lowest BCUT2D eigenvalue weighted by molar-refractivity contribution is 0.125. The molecule has 0 spiro atoms. The van der Waals surface area contributed by atoms with Crippen LogP contribution in [-0.4, -0.2) is 68.7 Å². The SMILES string of the molecule is Cc1nnc(-c2cc3cc(NC(=O)N4CCN(C)[C@@H](C)C4)ncc3cn2)s1. The van der Waals surface area contributed by atoms with Gasteiger partial charge in [-0.1, -0.05) is 11.3 Å². The Kier molecular flexibility index (Phi) is 4.71. The number of aryl methyl sites for hydroxylation is 1. The molecular weight excluding hydrogens is 362 g/mol. The molecule has 140 valence electrons. The van der Waals surface area contributed by atoms with Gasteiger partial charge in [-0.05, 0) is 38.4 Å². The highest BCUT2D eigenvalue weighted by Crippen LogP contribution is 2.25. The third-order valence-corrected chi connectivity index (χ3v) is 5.69. The summed E-state index contributed by atoms with van der Waals surface area (Å²) in [6.45, 7) is 6.33. The van der Waals surface area contributed by atoms with Gasteiger partial charge in [-0.25, -0.2) is 9.78 Å². The zero-order valence-electron chi connectivity index (χ0n) is 15.5. The van der Waals surface area contributed by atoms with Crippen molar-refractivity contribution in [2.24, 2.45) is 0 Å². The van der Waals surface area contributed by atoms with E-state index >= 15 is 0 Å². The first-order valence-electron chi connectivity index (χ1n) is 8.82. The van der Waals surface area contributed by atoms with Gasteiger partial charge in [-0.3, -0.25) is 10.3 Å². The Morgan fingerprint density at radius 2 is 2.00 bits per heavy atom. The van der Waals surface area contributed by atoms with Crippen molar-refractivity contribution in [1.82, 2.24) is 30.0 Å². The maximum absolute atomic E-state index is 12.6. The predicted molar refractivity (Wildman–Crippen MR) is 106 cm³/mol. The number of hydrogen-bond donors (Lipinski definition) is 1. The summed E-state index contributed by atoms with van der Waals surface area (Å²) in [7, 11) is 2.08. The summed E-state index contributed by atoms with van der Waals surface area (Å²) in [5.74, 6) is 0.532. The molecule has 27 heavy (non-hydrogen) atoms. The summed E-state index contributed by atoms with van der Waals surface area (Å²) >= 11 is 1.50. The molecule has 2 amide bonds. The number of fused-ring (bicyclic) bond motifs is 1. The summed E-state index contributed by atoms with van der Waals surface area (Å²) in [4.78, 5) is 25.4. The van der Waals surface area contributed by atoms with Crippen LogP contribution < -0.4 is 5.32 Å². The molecule has 3 aromatic heterocycles. The van der Waals surface area contributed by atoms with E-state index in [1.54, 1.807) is 12.4 Å². The number of amides is 2. The van der Waals surface area contributed by atoms with E-state index in [2.05, 4.69) is 44.4 Å². The topological polar surface area (TPSA) is 87.1 Å². The van der Waals surface area contributed by atoms with E-state index < -0.39 is 0 Å². The number of aromatic nitrogens is 4. The Balaban J connectivity index is 1.54. The van der Waals surface area contributed by atoms with Gasteiger partial charge in [-0.15, -0.1) is 10.2 Å². The van der Waals surface area contributed by atoms with Crippen LogP contribution in [0.2, 0.25) is 0 Å². The molecule has 8 nitrogen and oxygen atoms in total. The van der Waals surface area contributed by atoms with Crippen molar-refractivity contribution in [3.63, 3.8) is 0 Å². The van der Waals surface area contributed by atoms with Crippen LogP contribution >= 0.6 is 11.3 Å². The molecule has 1 saturated heterocycles. The first kappa shape index (κ1) is 17.7. The van der Waals surface area contributed by atoms with Gasteiger partial charge in [0.15, 0.2) is 5.01 Å². The first-order chi connectivity index (χ1) is 13.0. The number of nitrogens with one attached hydrogen (secondary N) is 1. The summed E-state index contributed by atoms with van der Waals surface area (Å²) in [6.07, 6.45) is 3.49. The van der Waals surface area contributed by atoms with E-state index in [-0.39, 0.29) is 6.03 Å². The maximum Gasteiger partial charge on any atom is 0.323 e. The van der Waals surface area contributed by atoms with Crippen LogP contribution in [-0.2, 0) is 0 Å². The minimum Gasteiger partial charge on any atom is -0.322 e. The van der Waals surface area contributed by atoms with Gasteiger partial charge >= 0.3 is 6.03 Å². The van der Waals surface area contributed by atoms with E-state index in [4.69, 9.17) is 0 Å². The second kappa shape index (κ2) is 7.16. The fourth-order valence-electron chi connectivity index (χ4n) is 3.04. The zero-order chi connectivity index (χ0) is 19.0. The van der Waals surface area contributed by atoms with Crippen molar-refractivity contribution in [3.05, 3.63) is 29.5 Å². The molecule has 4 rings (SSSR count). The number of hydrogen-bond acceptors (Lipinski definition) is 7. The highest BCUT2D eigenvalue weighted by molar-refractivity contribution is 7.14. The van der Waals surface area contributed by atoms with Crippen LogP contribution in [0.3, 0.4) is 0 Å². The molecule has 9 heteroatoms. The molecule has 0 aromatic carbocycles. The third kappa shape index (κ3) is 3.74. The first-order valence-corrected chi connectivity index (χ1v) is 9.64. The molecular formula is C18H21N7OS. The van der Waals surface area contributed by atoms with E-state index in [9.17, 15) is 4.79 Å². The number of pyridine rings is 2. The van der Waals surface area contributed by atoms with Crippen LogP contribution in [0.4, 0.5) is 10.6 Å². The molecule has 3 aromatic rings. The van der Waals surface area contributed by atoms with Crippen molar-refractivity contribution in [3.8, 4) is 10.7 Å². The van der Waals surface area contributed by atoms with E-state index in [0.717, 1.165) is 33.0 Å². The summed E-state index contributed by atoms with van der Waals surface area (Å²) in [5, 5.41) is 14.6. The van der Waals surface area contributed by atoms with Crippen LogP contribution in [0, 0.1) is 6.92 Å². The van der Waals surface area contributed by atoms with Crippen molar-refractivity contribution in [1.29, 1.82) is 0 Å². The second-order valence-electron chi connectivity index (χ2n) is 6.82. The summed E-state index contributed by atoms with van der Waals surface area (Å²) < 4.78 is 0. The second-order valence-corrected chi connectivity index (χ2v) is 8.00. The van der Waals surface area contributed by atoms with Gasteiger partial charge in [0.1, 0.15) is 16.5 Å². The number of rotatable bonds is 2. The predicted octanol–water partition coefficient (Wildman–Crippen LogP) is 2.62. The number of urea groups is 1. The number of anilines is 1. The largest absolute Gasteiger partial charge is 0.323 e. The molecule has 0 radical (unpaired) electrons. The van der Waals surface area contributed by atoms with Crippen LogP contribution in [0.25, 0.3) is 21.5 Å². The zero-order valence-corrected chi connectivity index (χ0v) is 16.3. The minimum atomic E-state index is -0.115. The van der Waals surface area contributed by atoms with Crippen molar-refractivity contribution < 1.29 is 4.79 Å². The normalized spacial score (nSPS) is 18.0. The Labute approximate surface area is 161 Å². The molecule has 0 unspecified atom stereocenters. The van der Waals surface area contributed by atoms with Gasteiger partial charge in [-0.2, -0.15) is 0 Å². The molecule has 0 bridgehead atoms. The highest BCUT2D eigenvalue weighted by Gasteiger charge is 2.24. The number of nitrogens with zero attached hydrogens (tertiary/aromatic N) is 6. The van der Waals surface area contributed by atoms with Crippen LogP contribution in [0.15, 0.2) is 24.5 Å². The smallest absolute Gasteiger partial charge is 0.322 e. The molecule has 1 fully saturated rings. The molecule has 0 saturated carbocycles. The van der Waals surface area contributed by atoms with Gasteiger partial charge in [0.25, 0.3) is 0 Å². The van der Waals surface area contributed by atoms with Gasteiger partial charge < -0.3 is 9.80 Å². The third-order valence-electron chi connectivity index (χ3n) is 4.83. The number of likely N-dealkylation sites (N-methyl/N-ethyl adjacent to an activating group) is 1. The van der Waals surface area contributed by atoms with Crippen LogP contribution in [0.5, 0.6) is 0 Å². The molecule has 1 atom stereocenters. The quantitative estimate of drug-likeness (QED) is 0.732. The Hall–Kier alpha value is -2.65. The highest BCUT2D eigenvalue weighted by atomic mass is 32.1. The number of piperazine rings is 1. The average molecular weight is 383 g/mol. The molecule has 4 heterocycles. The lowest BCUT2D eigenvalue weighted by atomic mass is 10.2. The lowest BCUT2D eigenvalue weighted by Crippen LogP contribution is -2.53. The van der Waals surface area contributed by atoms with Gasteiger partial charge in [0.05, 0.1) is 0 Å². The average Bonchev–Trinajstić information content (AvgIpc) is 3.09. The van der Waals surface area contributed by atoms with E-state index in [1.807, 2.05) is 24.0 Å². The molecule has 1 aliphatic heterocycles. The van der Waals surface area contributed by atoms with Crippen molar-refractivity contribution in [2.45, 2.75) is 19.9 Å². The monoisotopic (exact) mass is 383 g/mol. The number of carbonyl (C=O) groups excluding carboxylic acids is 1. The van der Waals surface area contributed by atoms with E-state index in [0.29, 0.717) is 24.9 Å². The Morgan fingerprint density at radius 1 is 1.19 bits per heavy atom. The number of carbonyl (C=O) groups is 1. The van der Waals surface area contributed by atoms with Gasteiger partial charge in [0.2, 0.25) is 0 Å². The Morgan fingerprint density at radius 3 is 2.74 bits per heavy atom. The minimum absolute atomic E-state index is 0.115. The fraction of sp³-hybridized carbons (Fsp3) is 0.389. The standard InChI is InChI=1S/C18H21N7OS/c1-11-10-25(5-4-24(11)3)18(26)21-16-7-13-6-15(17-23-22-12(2)27-17)19-8-14(13)9-20-16/h6-9,11H,4-5,10H2,1-3H3,(H,20,21,26)/t11-/m0/s1. The summed E-state index contributed by atoms with van der Waals surface area (Å²) in [5.41, 5.74) is 0.768. The summed E-state index contributed by atoms with van der Waals surface area (Å²) in [6, 6.07) is 4.05. The maximum atomic E-state index is 12.6. The lowest BCUT2D eigenvalue weighted by Gasteiger charge is -2.37.